The average Bonchev–Trinajstić information content (AvgIpc) is 2.73. The second-order valence-corrected chi connectivity index (χ2v) is 5.84. The number of nitrogens with one attached hydrogen (secondary N) is 2. The van der Waals surface area contributed by atoms with E-state index in [0.717, 1.165) is 16.9 Å². The fourth-order valence-electron chi connectivity index (χ4n) is 2.49. The molecule has 0 atom stereocenters. The zero-order chi connectivity index (χ0) is 18.9. The molecule has 3 aromatic rings. The molecule has 27 heavy (non-hydrogen) atoms. The molecule has 0 spiro atoms. The lowest BCUT2D eigenvalue weighted by Gasteiger charge is -2.08. The molecule has 0 aliphatic carbocycles. The highest BCUT2D eigenvalue weighted by atomic mass is 16.5. The Morgan fingerprint density at radius 3 is 2.81 bits per heavy atom. The van der Waals surface area contributed by atoms with E-state index in [9.17, 15) is 4.79 Å². The van der Waals surface area contributed by atoms with Crippen molar-refractivity contribution in [1.82, 2.24) is 20.3 Å². The van der Waals surface area contributed by atoms with Gasteiger partial charge in [-0.15, -0.1) is 0 Å². The topological polar surface area (TPSA) is 89.0 Å². The summed E-state index contributed by atoms with van der Waals surface area (Å²) >= 11 is 0. The fraction of sp³-hybridized carbons (Fsp3) is 0.200. The second kappa shape index (κ2) is 9.28. The first-order valence-corrected chi connectivity index (χ1v) is 8.61. The van der Waals surface area contributed by atoms with Gasteiger partial charge in [-0.25, -0.2) is 9.97 Å². The first kappa shape index (κ1) is 18.3. The van der Waals surface area contributed by atoms with Crippen LogP contribution >= 0.6 is 0 Å². The zero-order valence-electron chi connectivity index (χ0n) is 15.1. The summed E-state index contributed by atoms with van der Waals surface area (Å²) in [5, 5.41) is 5.97. The highest BCUT2D eigenvalue weighted by molar-refractivity contribution is 5.92. The van der Waals surface area contributed by atoms with Crippen LogP contribution in [0.25, 0.3) is 0 Å². The number of benzene rings is 1. The van der Waals surface area contributed by atoms with Crippen molar-refractivity contribution in [2.24, 2.45) is 0 Å². The third-order valence-electron chi connectivity index (χ3n) is 3.90. The Bertz CT molecular complexity index is 886. The number of anilines is 1. The Morgan fingerprint density at radius 2 is 2.00 bits per heavy atom. The summed E-state index contributed by atoms with van der Waals surface area (Å²) in [6.45, 7) is 1.04. The van der Waals surface area contributed by atoms with E-state index < -0.39 is 0 Å². The van der Waals surface area contributed by atoms with Gasteiger partial charge >= 0.3 is 0 Å². The number of carbonyl (C=O) groups is 1. The highest BCUT2D eigenvalue weighted by Crippen LogP contribution is 2.12. The minimum absolute atomic E-state index is 0.232. The fourth-order valence-corrected chi connectivity index (χ4v) is 2.49. The molecule has 0 saturated heterocycles. The van der Waals surface area contributed by atoms with Crippen LogP contribution < -0.4 is 15.4 Å². The van der Waals surface area contributed by atoms with E-state index in [-0.39, 0.29) is 5.91 Å². The van der Waals surface area contributed by atoms with E-state index in [2.05, 4.69) is 25.6 Å². The van der Waals surface area contributed by atoms with Crippen LogP contribution in [0.5, 0.6) is 5.75 Å². The molecule has 0 aliphatic heterocycles. The van der Waals surface area contributed by atoms with Crippen molar-refractivity contribution in [3.63, 3.8) is 0 Å². The summed E-state index contributed by atoms with van der Waals surface area (Å²) in [7, 11) is 1.63. The van der Waals surface area contributed by atoms with E-state index in [4.69, 9.17) is 4.74 Å². The van der Waals surface area contributed by atoms with Crippen LogP contribution in [0.4, 0.5) is 5.95 Å². The molecular formula is C20H21N5O2. The van der Waals surface area contributed by atoms with Gasteiger partial charge in [-0.3, -0.25) is 9.78 Å². The van der Waals surface area contributed by atoms with Crippen molar-refractivity contribution < 1.29 is 9.53 Å². The maximum Gasteiger partial charge on any atom is 0.270 e. The molecule has 0 saturated carbocycles. The van der Waals surface area contributed by atoms with Crippen LogP contribution in [0.3, 0.4) is 0 Å². The molecule has 138 valence electrons. The predicted octanol–water partition coefficient (Wildman–Crippen LogP) is 2.46. The van der Waals surface area contributed by atoms with Crippen LogP contribution in [-0.2, 0) is 13.0 Å². The van der Waals surface area contributed by atoms with Gasteiger partial charge in [0.15, 0.2) is 0 Å². The molecule has 1 amide bonds. The Labute approximate surface area is 157 Å². The maximum absolute atomic E-state index is 12.3. The second-order valence-electron chi connectivity index (χ2n) is 5.84. The Hall–Kier alpha value is -3.48. The number of rotatable bonds is 8. The summed E-state index contributed by atoms with van der Waals surface area (Å²) in [4.78, 5) is 24.8. The van der Waals surface area contributed by atoms with E-state index in [1.807, 2.05) is 36.4 Å². The lowest BCUT2D eigenvalue weighted by molar-refractivity contribution is 0.0949. The monoisotopic (exact) mass is 363 g/mol. The normalized spacial score (nSPS) is 10.3. The number of pyridine rings is 1. The summed E-state index contributed by atoms with van der Waals surface area (Å²) < 4.78 is 5.20. The molecule has 0 radical (unpaired) electrons. The summed E-state index contributed by atoms with van der Waals surface area (Å²) in [5.41, 5.74) is 2.43. The summed E-state index contributed by atoms with van der Waals surface area (Å²) in [6.07, 6.45) is 5.76. The number of methoxy groups -OCH3 is 1. The first-order valence-electron chi connectivity index (χ1n) is 8.61. The standard InChI is InChI=1S/C20H21N5O2/c1-27-17-6-2-4-15(12-17)7-10-22-19(26)18-8-11-23-20(25-18)24-14-16-5-3-9-21-13-16/h2-6,8-9,11-13H,7,10,14H2,1H3,(H,22,26)(H,23,24,25). The summed E-state index contributed by atoms with van der Waals surface area (Å²) in [6, 6.07) is 13.2. The largest absolute Gasteiger partial charge is 0.497 e. The van der Waals surface area contributed by atoms with Crippen LogP contribution in [0, 0.1) is 0 Å². The van der Waals surface area contributed by atoms with Crippen molar-refractivity contribution in [2.45, 2.75) is 13.0 Å². The lowest BCUT2D eigenvalue weighted by Crippen LogP contribution is -2.26. The molecule has 2 heterocycles. The molecule has 7 nitrogen and oxygen atoms in total. The number of amides is 1. The molecule has 0 unspecified atom stereocenters. The van der Waals surface area contributed by atoms with E-state index in [0.29, 0.717) is 31.2 Å². The maximum atomic E-state index is 12.3. The van der Waals surface area contributed by atoms with Crippen molar-refractivity contribution in [2.75, 3.05) is 19.0 Å². The number of hydrogen-bond donors (Lipinski definition) is 2. The molecule has 0 aliphatic rings. The SMILES string of the molecule is COc1cccc(CCNC(=O)c2ccnc(NCc3cccnc3)n2)c1. The van der Waals surface area contributed by atoms with Crippen molar-refractivity contribution in [1.29, 1.82) is 0 Å². The third kappa shape index (κ3) is 5.50. The molecule has 1 aromatic carbocycles. The van der Waals surface area contributed by atoms with E-state index in [1.54, 1.807) is 31.8 Å². The van der Waals surface area contributed by atoms with Crippen molar-refractivity contribution in [3.05, 3.63) is 77.9 Å². The van der Waals surface area contributed by atoms with Gasteiger partial charge in [-0.1, -0.05) is 18.2 Å². The van der Waals surface area contributed by atoms with E-state index >= 15 is 0 Å². The van der Waals surface area contributed by atoms with Crippen molar-refractivity contribution >= 4 is 11.9 Å². The number of carbonyl (C=O) groups excluding carboxylic acids is 1. The van der Waals surface area contributed by atoms with Gasteiger partial charge < -0.3 is 15.4 Å². The molecule has 0 fully saturated rings. The van der Waals surface area contributed by atoms with Crippen LogP contribution in [0.2, 0.25) is 0 Å². The van der Waals surface area contributed by atoms with Crippen molar-refractivity contribution in [3.8, 4) is 5.75 Å². The van der Waals surface area contributed by atoms with Gasteiger partial charge in [0.05, 0.1) is 7.11 Å². The van der Waals surface area contributed by atoms with Gasteiger partial charge in [-0.05, 0) is 41.8 Å². The molecule has 3 rings (SSSR count). The summed E-state index contributed by atoms with van der Waals surface area (Å²) in [5.74, 6) is 0.975. The van der Waals surface area contributed by atoms with Gasteiger partial charge in [0, 0.05) is 31.7 Å². The minimum Gasteiger partial charge on any atom is -0.497 e. The Balaban J connectivity index is 1.52. The minimum atomic E-state index is -0.232. The third-order valence-corrected chi connectivity index (χ3v) is 3.90. The molecule has 2 aromatic heterocycles. The molecule has 7 heteroatoms. The van der Waals surface area contributed by atoms with Crippen LogP contribution in [-0.4, -0.2) is 34.5 Å². The average molecular weight is 363 g/mol. The number of nitrogens with zero attached hydrogens (tertiary/aromatic N) is 3. The number of hydrogen-bond acceptors (Lipinski definition) is 6. The van der Waals surface area contributed by atoms with Gasteiger partial charge in [0.1, 0.15) is 11.4 Å². The first-order chi connectivity index (χ1) is 13.2. The highest BCUT2D eigenvalue weighted by Gasteiger charge is 2.08. The quantitative estimate of drug-likeness (QED) is 0.639. The van der Waals surface area contributed by atoms with E-state index in [1.165, 1.54) is 0 Å². The van der Waals surface area contributed by atoms with Gasteiger partial charge in [0.25, 0.3) is 5.91 Å². The lowest BCUT2D eigenvalue weighted by atomic mass is 10.1. The number of ether oxygens (including phenoxy) is 1. The van der Waals surface area contributed by atoms with Gasteiger partial charge in [-0.2, -0.15) is 0 Å². The van der Waals surface area contributed by atoms with Gasteiger partial charge in [0.2, 0.25) is 5.95 Å². The number of aromatic nitrogens is 3. The Morgan fingerprint density at radius 1 is 1.11 bits per heavy atom. The zero-order valence-corrected chi connectivity index (χ0v) is 15.1. The van der Waals surface area contributed by atoms with Crippen LogP contribution in [0.1, 0.15) is 21.6 Å². The Kier molecular flexibility index (Phi) is 6.30. The van der Waals surface area contributed by atoms with Crippen LogP contribution in [0.15, 0.2) is 61.1 Å². The smallest absolute Gasteiger partial charge is 0.270 e. The molecule has 0 bridgehead atoms. The molecular weight excluding hydrogens is 342 g/mol. The predicted molar refractivity (Wildman–Crippen MR) is 103 cm³/mol. The molecule has 2 N–H and O–H groups in total.